The molecular weight excluding hydrogens is 405 g/mol. The van der Waals surface area contributed by atoms with E-state index in [1.54, 1.807) is 0 Å². The maximum absolute atomic E-state index is 5.97. The average Bonchev–Trinajstić information content (AvgIpc) is 2.76. The predicted octanol–water partition coefficient (Wildman–Crippen LogP) is 4.40. The molecule has 0 heterocycles. The zero-order valence-corrected chi connectivity index (χ0v) is 17.0. The monoisotopic (exact) mass is 425 g/mol. The Morgan fingerprint density at radius 1 is 0.571 bits per heavy atom. The molecule has 2 N–H and O–H groups in total. The van der Waals surface area contributed by atoms with Crippen molar-refractivity contribution in [2.45, 2.75) is 10.2 Å². The van der Waals surface area contributed by atoms with Gasteiger partial charge in [-0.1, -0.05) is 0 Å². The van der Waals surface area contributed by atoms with E-state index in [-0.39, 0.29) is 19.3 Å². The summed E-state index contributed by atoms with van der Waals surface area (Å²) in [5, 5.41) is 0. The van der Waals surface area contributed by atoms with Crippen LogP contribution in [0.25, 0.3) is 0 Å². The van der Waals surface area contributed by atoms with E-state index in [0.717, 1.165) is 5.69 Å². The number of rotatable bonds is 2. The second-order valence-corrected chi connectivity index (χ2v) is 10.2. The van der Waals surface area contributed by atoms with Gasteiger partial charge in [0.2, 0.25) is 0 Å². The summed E-state index contributed by atoms with van der Waals surface area (Å²) in [4.78, 5) is 0. The Hall–Kier alpha value is -2.80. The van der Waals surface area contributed by atoms with Crippen LogP contribution in [0, 0.1) is 0 Å². The summed E-state index contributed by atoms with van der Waals surface area (Å²) in [7, 11) is 0. The van der Waals surface area contributed by atoms with Gasteiger partial charge in [-0.2, -0.15) is 0 Å². The third kappa shape index (κ3) is 2.02. The summed E-state index contributed by atoms with van der Waals surface area (Å²) in [6.45, 7) is 0. The van der Waals surface area contributed by atoms with Gasteiger partial charge in [-0.05, 0) is 0 Å². The first-order valence-electron chi connectivity index (χ1n) is 9.62. The van der Waals surface area contributed by atoms with E-state index < -0.39 is 0 Å². The van der Waals surface area contributed by atoms with Gasteiger partial charge in [0.1, 0.15) is 0 Å². The van der Waals surface area contributed by atoms with Crippen molar-refractivity contribution < 1.29 is 0 Å². The SMILES string of the molecule is Nc1ccc([Se]C23c4ccccc4C(c4ccccc42)c2ccccc23)cc1. The summed E-state index contributed by atoms with van der Waals surface area (Å²) in [5.41, 5.74) is 15.6. The molecule has 0 radical (unpaired) electrons. The van der Waals surface area contributed by atoms with Gasteiger partial charge in [-0.25, -0.2) is 0 Å². The number of anilines is 1. The van der Waals surface area contributed by atoms with E-state index in [9.17, 15) is 0 Å². The number of nitrogen functional groups attached to an aromatic ring is 1. The number of hydrogen-bond acceptors (Lipinski definition) is 1. The van der Waals surface area contributed by atoms with E-state index in [0.29, 0.717) is 5.92 Å². The Kier molecular flexibility index (Phi) is 3.38. The predicted molar refractivity (Wildman–Crippen MR) is 116 cm³/mol. The Morgan fingerprint density at radius 2 is 1.00 bits per heavy atom. The van der Waals surface area contributed by atoms with Gasteiger partial charge in [-0.3, -0.25) is 0 Å². The fourth-order valence-corrected chi connectivity index (χ4v) is 8.20. The van der Waals surface area contributed by atoms with E-state index >= 15 is 0 Å². The molecule has 0 unspecified atom stereocenters. The van der Waals surface area contributed by atoms with Crippen molar-refractivity contribution >= 4 is 25.1 Å². The van der Waals surface area contributed by atoms with Crippen LogP contribution in [0.5, 0.6) is 0 Å². The van der Waals surface area contributed by atoms with Crippen molar-refractivity contribution in [3.63, 3.8) is 0 Å². The Labute approximate surface area is 171 Å². The first-order valence-corrected chi connectivity index (χ1v) is 11.3. The number of benzene rings is 4. The summed E-state index contributed by atoms with van der Waals surface area (Å²) in [6.07, 6.45) is 0. The van der Waals surface area contributed by atoms with Gasteiger partial charge in [0.15, 0.2) is 0 Å². The van der Waals surface area contributed by atoms with Crippen LogP contribution in [0.4, 0.5) is 5.69 Å². The van der Waals surface area contributed by atoms with Crippen LogP contribution in [-0.2, 0) is 4.31 Å². The maximum atomic E-state index is 5.97. The Bertz CT molecular complexity index is 1090. The molecular formula is C26H19NSe. The average molecular weight is 424 g/mol. The standard InChI is InChI=1S/C26H19NSe/c27-17-13-15-18(16-14-17)28-26-22-10-4-1-7-19(22)25(20-8-2-5-11-23(20)26)21-9-3-6-12-24(21)26/h1-16,25H,27H2. The van der Waals surface area contributed by atoms with Crippen molar-refractivity contribution in [2.75, 3.05) is 5.73 Å². The summed E-state index contributed by atoms with van der Waals surface area (Å²) >= 11 is 0.189. The first-order chi connectivity index (χ1) is 13.8. The molecule has 3 aliphatic rings. The molecule has 0 amide bonds. The van der Waals surface area contributed by atoms with Crippen molar-refractivity contribution in [2.24, 2.45) is 0 Å². The van der Waals surface area contributed by atoms with Crippen molar-refractivity contribution in [3.8, 4) is 0 Å². The zero-order valence-electron chi connectivity index (χ0n) is 15.3. The van der Waals surface area contributed by atoms with E-state index in [1.165, 1.54) is 37.8 Å². The normalized spacial score (nSPS) is 20.9. The first kappa shape index (κ1) is 16.2. The molecule has 0 aliphatic heterocycles. The number of hydrogen-bond donors (Lipinski definition) is 1. The topological polar surface area (TPSA) is 26.0 Å². The van der Waals surface area contributed by atoms with Crippen LogP contribution in [-0.4, -0.2) is 15.0 Å². The van der Waals surface area contributed by atoms with Crippen LogP contribution >= 0.6 is 0 Å². The van der Waals surface area contributed by atoms with Crippen LogP contribution in [0.1, 0.15) is 39.3 Å². The number of nitrogens with two attached hydrogens (primary N) is 1. The van der Waals surface area contributed by atoms with Gasteiger partial charge < -0.3 is 0 Å². The van der Waals surface area contributed by atoms with Gasteiger partial charge in [0.05, 0.1) is 0 Å². The van der Waals surface area contributed by atoms with Crippen molar-refractivity contribution in [1.82, 2.24) is 0 Å². The quantitative estimate of drug-likeness (QED) is 0.375. The van der Waals surface area contributed by atoms with E-state index in [2.05, 4.69) is 84.9 Å². The zero-order chi connectivity index (χ0) is 18.7. The van der Waals surface area contributed by atoms with Crippen LogP contribution in [0.15, 0.2) is 97.1 Å². The second-order valence-electron chi connectivity index (χ2n) is 7.55. The molecule has 4 aromatic carbocycles. The minimum atomic E-state index is -0.0956. The minimum absolute atomic E-state index is 0.0956. The summed E-state index contributed by atoms with van der Waals surface area (Å²) in [6, 6.07) is 35.7. The molecule has 0 fully saturated rings. The Balaban J connectivity index is 1.71. The molecule has 0 spiro atoms. The molecule has 0 saturated carbocycles. The van der Waals surface area contributed by atoms with E-state index in [4.69, 9.17) is 5.73 Å². The van der Waals surface area contributed by atoms with Crippen molar-refractivity contribution in [3.05, 3.63) is 130 Å². The molecule has 3 aliphatic carbocycles. The molecule has 0 atom stereocenters. The van der Waals surface area contributed by atoms with Gasteiger partial charge in [0, 0.05) is 0 Å². The second kappa shape index (κ2) is 5.85. The summed E-state index contributed by atoms with van der Waals surface area (Å²) < 4.78 is 1.28. The molecule has 7 rings (SSSR count). The van der Waals surface area contributed by atoms with Gasteiger partial charge in [-0.15, -0.1) is 0 Å². The molecule has 1 nitrogen and oxygen atoms in total. The van der Waals surface area contributed by atoms with Crippen LogP contribution < -0.4 is 10.2 Å². The summed E-state index contributed by atoms with van der Waals surface area (Å²) in [5.74, 6) is 0.340. The molecule has 4 aromatic rings. The van der Waals surface area contributed by atoms with Gasteiger partial charge in [0.25, 0.3) is 0 Å². The molecule has 134 valence electrons. The third-order valence-electron chi connectivity index (χ3n) is 6.10. The van der Waals surface area contributed by atoms with E-state index in [1.807, 2.05) is 12.1 Å². The molecule has 0 aromatic heterocycles. The third-order valence-corrected chi connectivity index (χ3v) is 9.20. The fourth-order valence-electron chi connectivity index (χ4n) is 5.02. The Morgan fingerprint density at radius 3 is 1.46 bits per heavy atom. The molecule has 2 heteroatoms. The van der Waals surface area contributed by atoms with Crippen molar-refractivity contribution in [1.29, 1.82) is 0 Å². The van der Waals surface area contributed by atoms with Crippen LogP contribution in [0.2, 0.25) is 0 Å². The fraction of sp³-hybridized carbons (Fsp3) is 0.0769. The molecule has 2 bridgehead atoms. The molecule has 0 saturated heterocycles. The molecule has 28 heavy (non-hydrogen) atoms. The van der Waals surface area contributed by atoms with Crippen LogP contribution in [0.3, 0.4) is 0 Å². The van der Waals surface area contributed by atoms with Gasteiger partial charge >= 0.3 is 172 Å².